The van der Waals surface area contributed by atoms with Gasteiger partial charge in [0.25, 0.3) is 4.06 Å². The summed E-state index contributed by atoms with van der Waals surface area (Å²) in [4.78, 5) is 29.1. The summed E-state index contributed by atoms with van der Waals surface area (Å²) < 4.78 is 12.2. The van der Waals surface area contributed by atoms with Crippen molar-refractivity contribution in [3.05, 3.63) is 103 Å². The Balaban J connectivity index is 1.23. The molecule has 37 heavy (non-hydrogen) atoms. The van der Waals surface area contributed by atoms with E-state index in [0.29, 0.717) is 10.6 Å². The van der Waals surface area contributed by atoms with Crippen LogP contribution in [0.4, 0.5) is 16.2 Å². The zero-order valence-corrected chi connectivity index (χ0v) is 21.1. The maximum Gasteiger partial charge on any atom is 0.416 e. The number of hydrogen-bond donors (Lipinski definition) is 2. The molecule has 186 valence electrons. The summed E-state index contributed by atoms with van der Waals surface area (Å²) in [6, 6.07) is 23.4. The molecule has 0 unspecified atom stereocenters. The number of fused-ring (bicyclic) bond motifs is 7. The van der Waals surface area contributed by atoms with E-state index in [0.717, 1.165) is 55.5 Å². The van der Waals surface area contributed by atoms with Crippen molar-refractivity contribution in [2.24, 2.45) is 0 Å². The molecule has 0 bridgehead atoms. The number of nitrogens with one attached hydrogen (secondary N) is 1. The van der Waals surface area contributed by atoms with Crippen molar-refractivity contribution < 1.29 is 19.4 Å². The van der Waals surface area contributed by atoms with E-state index in [1.54, 1.807) is 0 Å². The first-order valence-corrected chi connectivity index (χ1v) is 13.7. The first-order valence-electron chi connectivity index (χ1n) is 12.0. The normalized spacial score (nSPS) is 21.2. The van der Waals surface area contributed by atoms with Gasteiger partial charge in [-0.1, -0.05) is 83.3 Å². The van der Waals surface area contributed by atoms with Gasteiger partial charge in [-0.2, -0.15) is 0 Å². The van der Waals surface area contributed by atoms with Gasteiger partial charge in [0.15, 0.2) is 6.23 Å². The Morgan fingerprint density at radius 3 is 2.32 bits per heavy atom. The molecular weight excluding hydrogens is 508 g/mol. The second kappa shape index (κ2) is 8.81. The maximum atomic E-state index is 13.8. The van der Waals surface area contributed by atoms with Gasteiger partial charge in [0, 0.05) is 5.92 Å². The van der Waals surface area contributed by atoms with E-state index in [1.807, 2.05) is 48.5 Å². The predicted molar refractivity (Wildman–Crippen MR) is 144 cm³/mol. The van der Waals surface area contributed by atoms with Gasteiger partial charge in [-0.3, -0.25) is 4.79 Å². The number of para-hydroxylation sites is 2. The van der Waals surface area contributed by atoms with Crippen LogP contribution in [-0.4, -0.2) is 30.6 Å². The van der Waals surface area contributed by atoms with Gasteiger partial charge in [-0.05, 0) is 34.4 Å². The third-order valence-corrected chi connectivity index (χ3v) is 9.58. The summed E-state index contributed by atoms with van der Waals surface area (Å²) >= 11 is 2.22. The minimum Gasteiger partial charge on any atom is -0.448 e. The first-order chi connectivity index (χ1) is 18.1. The number of ether oxygens (including phenoxy) is 2. The number of carbonyl (C=O) groups is 1. The minimum absolute atomic E-state index is 0.0685. The van der Waals surface area contributed by atoms with Crippen molar-refractivity contribution >= 4 is 40.1 Å². The van der Waals surface area contributed by atoms with E-state index in [4.69, 9.17) is 9.47 Å². The Morgan fingerprint density at radius 2 is 1.59 bits per heavy atom. The number of benzene rings is 3. The van der Waals surface area contributed by atoms with Crippen LogP contribution in [0.1, 0.15) is 38.9 Å². The van der Waals surface area contributed by atoms with E-state index >= 15 is 0 Å². The lowest BCUT2D eigenvalue weighted by molar-refractivity contribution is -0.0595. The van der Waals surface area contributed by atoms with Gasteiger partial charge in [0.2, 0.25) is 0 Å². The number of hydrogen-bond acceptors (Lipinski definition) is 8. The van der Waals surface area contributed by atoms with Crippen molar-refractivity contribution in [1.82, 2.24) is 0 Å². The molecule has 9 heteroatoms. The summed E-state index contributed by atoms with van der Waals surface area (Å²) in [5, 5.41) is 13.5. The largest absolute Gasteiger partial charge is 0.448 e. The average molecular weight is 531 g/mol. The van der Waals surface area contributed by atoms with E-state index in [1.165, 1.54) is 4.90 Å². The Hall–Kier alpha value is -3.50. The number of rotatable bonds is 3. The molecule has 0 fully saturated rings. The zero-order valence-electron chi connectivity index (χ0n) is 19.5. The van der Waals surface area contributed by atoms with Crippen LogP contribution in [0.15, 0.2) is 77.6 Å². The lowest BCUT2D eigenvalue weighted by Crippen LogP contribution is -2.53. The SMILES string of the molecule is O=C(OCC1c2ccccc2-c2ccccc21)N1c2ccccc2N[C@H]2c3sc(=O)sc3[C@@H](CO)O[C@H]21. The van der Waals surface area contributed by atoms with Crippen LogP contribution < -0.4 is 14.3 Å². The fourth-order valence-corrected chi connectivity index (χ4v) is 7.97. The van der Waals surface area contributed by atoms with Gasteiger partial charge in [0.1, 0.15) is 18.8 Å². The molecule has 1 amide bonds. The fraction of sp³-hybridized carbons (Fsp3) is 0.214. The molecule has 3 aliphatic rings. The highest BCUT2D eigenvalue weighted by atomic mass is 32.2. The van der Waals surface area contributed by atoms with E-state index in [2.05, 4.69) is 29.6 Å². The first kappa shape index (κ1) is 22.7. The molecule has 3 atom stereocenters. The second-order valence-electron chi connectivity index (χ2n) is 9.19. The molecule has 2 N–H and O–H groups in total. The third-order valence-electron chi connectivity index (χ3n) is 7.22. The average Bonchev–Trinajstić information content (AvgIpc) is 3.48. The van der Waals surface area contributed by atoms with Gasteiger partial charge < -0.3 is 19.9 Å². The van der Waals surface area contributed by atoms with Gasteiger partial charge in [0.05, 0.1) is 27.7 Å². The lowest BCUT2D eigenvalue weighted by Gasteiger charge is -2.45. The van der Waals surface area contributed by atoms with Crippen LogP contribution in [0.2, 0.25) is 0 Å². The number of nitrogens with zero attached hydrogens (tertiary/aromatic N) is 1. The molecule has 3 aromatic carbocycles. The zero-order chi connectivity index (χ0) is 25.1. The molecule has 0 saturated heterocycles. The van der Waals surface area contributed by atoms with Crippen molar-refractivity contribution in [3.63, 3.8) is 0 Å². The van der Waals surface area contributed by atoms with E-state index in [9.17, 15) is 14.7 Å². The minimum atomic E-state index is -0.777. The Morgan fingerprint density at radius 1 is 0.946 bits per heavy atom. The molecule has 7 nitrogen and oxygen atoms in total. The lowest BCUT2D eigenvalue weighted by atomic mass is 9.98. The molecule has 0 radical (unpaired) electrons. The number of aliphatic hydroxyl groups excluding tert-OH is 1. The van der Waals surface area contributed by atoms with E-state index in [-0.39, 0.29) is 23.2 Å². The van der Waals surface area contributed by atoms with Gasteiger partial charge in [-0.15, -0.1) is 0 Å². The van der Waals surface area contributed by atoms with Gasteiger partial charge >= 0.3 is 6.09 Å². The van der Waals surface area contributed by atoms with Crippen molar-refractivity contribution in [3.8, 4) is 11.1 Å². The maximum absolute atomic E-state index is 13.8. The van der Waals surface area contributed by atoms with Crippen LogP contribution >= 0.6 is 22.7 Å². The molecule has 0 spiro atoms. The fourth-order valence-electron chi connectivity index (χ4n) is 5.63. The van der Waals surface area contributed by atoms with E-state index < -0.39 is 24.5 Å². The molecule has 3 heterocycles. The van der Waals surface area contributed by atoms with Crippen LogP contribution in [0, 0.1) is 0 Å². The van der Waals surface area contributed by atoms with Crippen molar-refractivity contribution in [1.29, 1.82) is 0 Å². The Labute approximate surface area is 220 Å². The number of anilines is 2. The smallest absolute Gasteiger partial charge is 0.416 e. The molecule has 7 rings (SSSR count). The molecule has 4 aromatic rings. The molecule has 0 saturated carbocycles. The number of carbonyl (C=O) groups excluding carboxylic acids is 1. The van der Waals surface area contributed by atoms with Crippen LogP contribution in [0.3, 0.4) is 0 Å². The Kier molecular flexibility index (Phi) is 5.40. The monoisotopic (exact) mass is 530 g/mol. The molecular formula is C28H22N2O5S2. The molecule has 2 aliphatic heterocycles. The standard InChI is InChI=1S/C28H22N2O5S2/c31-13-22-24-25(37-28(33)36-24)23-26(35-22)30(21-12-6-5-11-20(21)29-23)27(32)34-14-19-17-9-3-1-7-15(17)16-8-2-4-10-18(16)19/h1-12,19,22-23,26,29,31H,13-14H2/t22-,23+,26-/m1/s1. The van der Waals surface area contributed by atoms with Crippen LogP contribution in [-0.2, 0) is 9.47 Å². The van der Waals surface area contributed by atoms with Crippen molar-refractivity contribution in [2.75, 3.05) is 23.4 Å². The number of aliphatic hydroxyl groups is 1. The highest BCUT2D eigenvalue weighted by molar-refractivity contribution is 7.27. The summed E-state index contributed by atoms with van der Waals surface area (Å²) in [6.45, 7) is -0.111. The molecule has 1 aromatic heterocycles. The summed E-state index contributed by atoms with van der Waals surface area (Å²) in [7, 11) is 0. The van der Waals surface area contributed by atoms with Crippen LogP contribution in [0.5, 0.6) is 0 Å². The second-order valence-corrected chi connectivity index (χ2v) is 11.5. The summed E-state index contributed by atoms with van der Waals surface area (Å²) in [6.07, 6.45) is -2.00. The predicted octanol–water partition coefficient (Wildman–Crippen LogP) is 5.48. The Bertz CT molecular complexity index is 1540. The van der Waals surface area contributed by atoms with Gasteiger partial charge in [-0.25, -0.2) is 9.69 Å². The van der Waals surface area contributed by atoms with Crippen LogP contribution in [0.25, 0.3) is 11.1 Å². The molecule has 1 aliphatic carbocycles. The summed E-state index contributed by atoms with van der Waals surface area (Å²) in [5.41, 5.74) is 5.97. The third kappa shape index (κ3) is 3.53. The summed E-state index contributed by atoms with van der Waals surface area (Å²) in [5.74, 6) is -0.0727. The quantitative estimate of drug-likeness (QED) is 0.365. The number of amides is 1. The highest BCUT2D eigenvalue weighted by Crippen LogP contribution is 2.49. The highest BCUT2D eigenvalue weighted by Gasteiger charge is 2.47. The topological polar surface area (TPSA) is 88.1 Å². The van der Waals surface area contributed by atoms with Crippen molar-refractivity contribution in [2.45, 2.75) is 24.3 Å².